The normalized spacial score (nSPS) is 29.1. The number of benzene rings is 1. The van der Waals surface area contributed by atoms with Gasteiger partial charge in [0.25, 0.3) is 0 Å². The zero-order valence-corrected chi connectivity index (χ0v) is 18.6. The van der Waals surface area contributed by atoms with Crippen molar-refractivity contribution in [3.8, 4) is 5.75 Å². The van der Waals surface area contributed by atoms with E-state index in [1.165, 1.54) is 28.6 Å². The van der Waals surface area contributed by atoms with Crippen molar-refractivity contribution < 1.29 is 14.7 Å². The van der Waals surface area contributed by atoms with Crippen molar-refractivity contribution in [3.63, 3.8) is 0 Å². The zero-order chi connectivity index (χ0) is 23.1. The Morgan fingerprint density at radius 2 is 1.88 bits per heavy atom. The van der Waals surface area contributed by atoms with Gasteiger partial charge in [-0.3, -0.25) is 9.59 Å². The minimum atomic E-state index is -1.16. The highest BCUT2D eigenvalue weighted by atomic mass is 35.5. The van der Waals surface area contributed by atoms with Crippen molar-refractivity contribution in [1.82, 2.24) is 13.9 Å². The molecule has 5 rings (SSSR count). The van der Waals surface area contributed by atoms with Gasteiger partial charge in [0.1, 0.15) is 5.75 Å². The number of Topliss-reactive ketones (excluding diaryl/α,β-unsaturated/α-hetero) is 1. The summed E-state index contributed by atoms with van der Waals surface area (Å²) in [5.74, 6) is -1.83. The molecule has 1 aromatic carbocycles. The highest BCUT2D eigenvalue weighted by molar-refractivity contribution is 6.30. The van der Waals surface area contributed by atoms with Gasteiger partial charge in [-0.25, -0.2) is 23.5 Å². The number of hydrogen-bond acceptors (Lipinski definition) is 5. The molecule has 0 radical (unpaired) electrons. The van der Waals surface area contributed by atoms with Gasteiger partial charge >= 0.3 is 11.4 Å². The largest absolute Gasteiger partial charge is 0.508 e. The van der Waals surface area contributed by atoms with E-state index in [1.807, 2.05) is 6.08 Å². The van der Waals surface area contributed by atoms with Crippen LogP contribution >= 0.6 is 11.6 Å². The number of phenols is 1. The smallest absolute Gasteiger partial charge is 0.347 e. The number of halogens is 1. The highest BCUT2D eigenvalue weighted by Crippen LogP contribution is 2.60. The first-order valence-electron chi connectivity index (χ1n) is 10.4. The second-order valence-corrected chi connectivity index (χ2v) is 9.47. The molecular formula is C23H22ClN3O5. The van der Waals surface area contributed by atoms with Crippen molar-refractivity contribution in [2.75, 3.05) is 0 Å². The summed E-state index contributed by atoms with van der Waals surface area (Å²) in [7, 11) is 1.41. The van der Waals surface area contributed by atoms with Crippen LogP contribution in [0.5, 0.6) is 5.75 Å². The lowest BCUT2D eigenvalue weighted by Gasteiger charge is -2.52. The maximum Gasteiger partial charge on any atom is 0.347 e. The molecular weight excluding hydrogens is 434 g/mol. The molecule has 0 saturated heterocycles. The van der Waals surface area contributed by atoms with Crippen molar-refractivity contribution in [3.05, 3.63) is 73.1 Å². The first kappa shape index (κ1) is 20.8. The standard InChI is InChI=1S/C23H22ClN3O5/c1-11-8-18(29)23(2)15(20(11)30)10-16-13(19(23)14-9-12(24)4-5-17(14)28)6-7-26-21(31)25(3)22(32)27(16)26/h4-6,8-9,15-16,19,28H,7,10H2,1-3H3/t15-,16+,19+,23-/m0/s1. The molecule has 0 bridgehead atoms. The minimum absolute atomic E-state index is 0.0455. The number of phenolic OH excluding ortho intramolecular Hbond substituents is 1. The molecule has 32 heavy (non-hydrogen) atoms. The molecule has 166 valence electrons. The average Bonchev–Trinajstić information content (AvgIpc) is 2.97. The van der Waals surface area contributed by atoms with Crippen molar-refractivity contribution in [2.45, 2.75) is 38.8 Å². The Morgan fingerprint density at radius 1 is 1.16 bits per heavy atom. The molecule has 3 aliphatic rings. The molecule has 8 nitrogen and oxygen atoms in total. The molecule has 0 amide bonds. The SMILES string of the molecule is CC1=CC(=O)[C@@]2(C)[C@@H](c3cc(Cl)ccc3O)C3=CCn4c(=O)n(C)c(=O)n4[C@@H]3C[C@H]2C1=O. The van der Waals surface area contributed by atoms with Gasteiger partial charge in [0.15, 0.2) is 11.6 Å². The molecule has 1 aliphatic heterocycles. The Kier molecular flexibility index (Phi) is 4.33. The second kappa shape index (κ2) is 6.68. The lowest BCUT2D eigenvalue weighted by atomic mass is 9.51. The summed E-state index contributed by atoms with van der Waals surface area (Å²) in [5, 5.41) is 11.1. The average molecular weight is 456 g/mol. The molecule has 2 heterocycles. The molecule has 9 heteroatoms. The molecule has 0 unspecified atom stereocenters. The van der Waals surface area contributed by atoms with Crippen LogP contribution in [0.15, 0.2) is 51.1 Å². The van der Waals surface area contributed by atoms with Gasteiger partial charge in [-0.05, 0) is 48.8 Å². The maximum atomic E-state index is 13.4. The van der Waals surface area contributed by atoms with E-state index in [2.05, 4.69) is 0 Å². The third-order valence-electron chi connectivity index (χ3n) is 7.43. The predicted molar refractivity (Wildman–Crippen MR) is 117 cm³/mol. The summed E-state index contributed by atoms with van der Waals surface area (Å²) in [6.45, 7) is 3.51. The zero-order valence-electron chi connectivity index (χ0n) is 17.8. The topological polar surface area (TPSA) is 103 Å². The van der Waals surface area contributed by atoms with Crippen LogP contribution in [0.25, 0.3) is 0 Å². The van der Waals surface area contributed by atoms with Gasteiger partial charge in [0.05, 0.1) is 18.0 Å². The Labute approximate surface area is 188 Å². The fourth-order valence-electron chi connectivity index (χ4n) is 5.75. The maximum absolute atomic E-state index is 13.4. The van der Waals surface area contributed by atoms with Crippen LogP contribution in [0, 0.1) is 11.3 Å². The van der Waals surface area contributed by atoms with E-state index in [9.17, 15) is 24.3 Å². The van der Waals surface area contributed by atoms with Crippen LogP contribution in [0.3, 0.4) is 0 Å². The van der Waals surface area contributed by atoms with Gasteiger partial charge < -0.3 is 5.11 Å². The number of aromatic hydroxyl groups is 1. The number of carbonyl (C=O) groups is 2. The number of rotatable bonds is 1. The first-order valence-corrected chi connectivity index (χ1v) is 10.8. The third-order valence-corrected chi connectivity index (χ3v) is 7.67. The fraction of sp³-hybridized carbons (Fsp3) is 0.391. The van der Waals surface area contributed by atoms with E-state index < -0.39 is 34.7 Å². The van der Waals surface area contributed by atoms with E-state index in [1.54, 1.807) is 26.0 Å². The van der Waals surface area contributed by atoms with Gasteiger partial charge in [0.2, 0.25) is 0 Å². The molecule has 1 fully saturated rings. The van der Waals surface area contributed by atoms with Crippen LogP contribution in [-0.2, 0) is 23.2 Å². The summed E-state index contributed by atoms with van der Waals surface area (Å²) < 4.78 is 3.78. The van der Waals surface area contributed by atoms with Crippen molar-refractivity contribution >= 4 is 23.2 Å². The first-order chi connectivity index (χ1) is 15.1. The Morgan fingerprint density at radius 3 is 2.59 bits per heavy atom. The van der Waals surface area contributed by atoms with Crippen molar-refractivity contribution in [1.29, 1.82) is 0 Å². The lowest BCUT2D eigenvalue weighted by molar-refractivity contribution is -0.139. The molecule has 1 aromatic heterocycles. The molecule has 1 saturated carbocycles. The number of carbonyl (C=O) groups excluding carboxylic acids is 2. The summed E-state index contributed by atoms with van der Waals surface area (Å²) in [4.78, 5) is 52.2. The monoisotopic (exact) mass is 455 g/mol. The van der Waals surface area contributed by atoms with Crippen LogP contribution in [0.2, 0.25) is 5.02 Å². The minimum Gasteiger partial charge on any atom is -0.508 e. The molecule has 2 aliphatic carbocycles. The van der Waals surface area contributed by atoms with E-state index >= 15 is 0 Å². The van der Waals surface area contributed by atoms with Crippen molar-refractivity contribution in [2.24, 2.45) is 18.4 Å². The van der Waals surface area contributed by atoms with Crippen LogP contribution < -0.4 is 11.4 Å². The summed E-state index contributed by atoms with van der Waals surface area (Å²) >= 11 is 6.25. The number of fused-ring (bicyclic) bond motifs is 4. The number of allylic oxidation sites excluding steroid dienone is 4. The number of nitrogens with zero attached hydrogens (tertiary/aromatic N) is 3. The van der Waals surface area contributed by atoms with Crippen LogP contribution in [0.4, 0.5) is 0 Å². The van der Waals surface area contributed by atoms with Crippen LogP contribution in [-0.4, -0.2) is 30.6 Å². The fourth-order valence-corrected chi connectivity index (χ4v) is 5.93. The molecule has 2 aromatic rings. The predicted octanol–water partition coefficient (Wildman–Crippen LogP) is 2.10. The molecule has 0 spiro atoms. The Bertz CT molecular complexity index is 1390. The van der Waals surface area contributed by atoms with E-state index in [-0.39, 0.29) is 30.3 Å². The quantitative estimate of drug-likeness (QED) is 0.663. The summed E-state index contributed by atoms with van der Waals surface area (Å²) in [6.07, 6.45) is 3.42. The van der Waals surface area contributed by atoms with E-state index in [0.29, 0.717) is 16.2 Å². The summed E-state index contributed by atoms with van der Waals surface area (Å²) in [5.41, 5.74) is -0.569. The van der Waals surface area contributed by atoms with E-state index in [0.717, 1.165) is 10.1 Å². The van der Waals surface area contributed by atoms with Gasteiger partial charge in [0, 0.05) is 29.5 Å². The number of aromatic nitrogens is 3. The lowest BCUT2D eigenvalue weighted by Crippen LogP contribution is -2.54. The van der Waals surface area contributed by atoms with Crippen LogP contribution in [0.1, 0.15) is 37.8 Å². The second-order valence-electron chi connectivity index (χ2n) is 9.03. The van der Waals surface area contributed by atoms with Gasteiger partial charge in [-0.15, -0.1) is 0 Å². The van der Waals surface area contributed by atoms with Gasteiger partial charge in [-0.1, -0.05) is 24.6 Å². The number of hydrogen-bond donors (Lipinski definition) is 1. The van der Waals surface area contributed by atoms with Gasteiger partial charge in [-0.2, -0.15) is 0 Å². The number of ketones is 2. The third kappa shape index (κ3) is 2.50. The highest BCUT2D eigenvalue weighted by Gasteiger charge is 2.59. The Hall–Kier alpha value is -3.13. The Balaban J connectivity index is 1.82. The van der Waals surface area contributed by atoms with E-state index in [4.69, 9.17) is 11.6 Å². The summed E-state index contributed by atoms with van der Waals surface area (Å²) in [6, 6.07) is 4.01. The molecule has 1 N–H and O–H groups in total. The molecule has 4 atom stereocenters.